The molecule has 0 saturated carbocycles. The predicted octanol–water partition coefficient (Wildman–Crippen LogP) is 2.41. The Labute approximate surface area is 146 Å². The van der Waals surface area contributed by atoms with Gasteiger partial charge in [0.1, 0.15) is 6.10 Å². The molecular formula is C18H21FN4O2. The van der Waals surface area contributed by atoms with Gasteiger partial charge in [-0.15, -0.1) is 0 Å². The second-order valence-electron chi connectivity index (χ2n) is 5.98. The maximum atomic E-state index is 12.8. The van der Waals surface area contributed by atoms with Crippen LogP contribution in [0.1, 0.15) is 18.4 Å². The normalized spacial score (nSPS) is 17.2. The summed E-state index contributed by atoms with van der Waals surface area (Å²) in [4.78, 5) is 21.6. The number of hydrogen-bond acceptors (Lipinski definition) is 4. The monoisotopic (exact) mass is 344 g/mol. The quantitative estimate of drug-likeness (QED) is 0.904. The first kappa shape index (κ1) is 17.1. The van der Waals surface area contributed by atoms with Crippen LogP contribution in [0.15, 0.2) is 42.7 Å². The van der Waals surface area contributed by atoms with Gasteiger partial charge in [0.15, 0.2) is 5.82 Å². The van der Waals surface area contributed by atoms with Crippen molar-refractivity contribution in [3.05, 3.63) is 54.1 Å². The van der Waals surface area contributed by atoms with E-state index in [1.807, 2.05) is 30.3 Å². The lowest BCUT2D eigenvalue weighted by molar-refractivity contribution is 0.0938. The summed E-state index contributed by atoms with van der Waals surface area (Å²) in [6.07, 6.45) is 4.41. The van der Waals surface area contributed by atoms with Crippen molar-refractivity contribution in [1.82, 2.24) is 20.2 Å². The van der Waals surface area contributed by atoms with E-state index in [-0.39, 0.29) is 18.1 Å². The van der Waals surface area contributed by atoms with Crippen LogP contribution in [0.5, 0.6) is 6.01 Å². The lowest BCUT2D eigenvalue weighted by Crippen LogP contribution is -2.49. The van der Waals surface area contributed by atoms with E-state index >= 15 is 0 Å². The number of amides is 2. The van der Waals surface area contributed by atoms with Crippen LogP contribution in [0.25, 0.3) is 0 Å². The highest BCUT2D eigenvalue weighted by molar-refractivity contribution is 5.74. The zero-order valence-corrected chi connectivity index (χ0v) is 13.9. The predicted molar refractivity (Wildman–Crippen MR) is 90.8 cm³/mol. The molecule has 1 fully saturated rings. The van der Waals surface area contributed by atoms with Gasteiger partial charge in [-0.05, 0) is 24.8 Å². The van der Waals surface area contributed by atoms with Gasteiger partial charge >= 0.3 is 12.0 Å². The number of carbonyl (C=O) groups is 1. The molecule has 1 N–H and O–H groups in total. The number of rotatable bonds is 5. The van der Waals surface area contributed by atoms with Crippen LogP contribution >= 0.6 is 0 Å². The molecular weight excluding hydrogens is 323 g/mol. The maximum Gasteiger partial charge on any atom is 0.317 e. The molecule has 1 atom stereocenters. The number of ether oxygens (including phenoxy) is 1. The summed E-state index contributed by atoms with van der Waals surface area (Å²) >= 11 is 0. The van der Waals surface area contributed by atoms with Gasteiger partial charge in [-0.3, -0.25) is 0 Å². The van der Waals surface area contributed by atoms with Crippen LogP contribution in [0.4, 0.5) is 9.18 Å². The number of nitrogens with zero attached hydrogens (tertiary/aromatic N) is 3. The first-order valence-electron chi connectivity index (χ1n) is 8.41. The Kier molecular flexibility index (Phi) is 5.77. The van der Waals surface area contributed by atoms with E-state index in [1.165, 1.54) is 5.56 Å². The van der Waals surface area contributed by atoms with E-state index in [9.17, 15) is 9.18 Å². The van der Waals surface area contributed by atoms with E-state index in [2.05, 4.69) is 15.3 Å². The van der Waals surface area contributed by atoms with Gasteiger partial charge in [0.25, 0.3) is 0 Å². The molecule has 1 aliphatic heterocycles. The standard InChI is InChI=1S/C18H21FN4O2/c19-15-11-21-17(22-12-15)25-16-7-4-10-23(13-16)18(24)20-9-8-14-5-2-1-3-6-14/h1-3,5-6,11-12,16H,4,7-10,13H2,(H,20,24)/t16-/m0/s1. The molecule has 0 aliphatic carbocycles. The molecule has 7 heteroatoms. The molecule has 2 amide bonds. The van der Waals surface area contributed by atoms with Crippen LogP contribution in [0.2, 0.25) is 0 Å². The largest absolute Gasteiger partial charge is 0.458 e. The first-order valence-corrected chi connectivity index (χ1v) is 8.41. The molecule has 25 heavy (non-hydrogen) atoms. The summed E-state index contributed by atoms with van der Waals surface area (Å²) < 4.78 is 18.5. The van der Waals surface area contributed by atoms with Gasteiger partial charge in [0.05, 0.1) is 18.9 Å². The third-order valence-corrected chi connectivity index (χ3v) is 4.07. The molecule has 0 bridgehead atoms. The number of halogens is 1. The Morgan fingerprint density at radius 2 is 2.04 bits per heavy atom. The number of aromatic nitrogens is 2. The Hall–Kier alpha value is -2.70. The Balaban J connectivity index is 1.45. The fraction of sp³-hybridized carbons (Fsp3) is 0.389. The van der Waals surface area contributed by atoms with Crippen LogP contribution in [0, 0.1) is 5.82 Å². The average Bonchev–Trinajstić information content (AvgIpc) is 2.65. The molecule has 0 radical (unpaired) electrons. The molecule has 1 aliphatic rings. The van der Waals surface area contributed by atoms with Crippen molar-refractivity contribution in [2.45, 2.75) is 25.4 Å². The van der Waals surface area contributed by atoms with Gasteiger partial charge in [-0.25, -0.2) is 19.2 Å². The van der Waals surface area contributed by atoms with Crippen molar-refractivity contribution in [3.63, 3.8) is 0 Å². The topological polar surface area (TPSA) is 67.4 Å². The summed E-state index contributed by atoms with van der Waals surface area (Å²) in [7, 11) is 0. The zero-order valence-electron chi connectivity index (χ0n) is 13.9. The SMILES string of the molecule is O=C(NCCc1ccccc1)N1CCC[C@H](Oc2ncc(F)cn2)C1. The summed E-state index contributed by atoms with van der Waals surface area (Å²) in [5.41, 5.74) is 1.19. The van der Waals surface area contributed by atoms with Gasteiger partial charge in [0.2, 0.25) is 0 Å². The third-order valence-electron chi connectivity index (χ3n) is 4.07. The average molecular weight is 344 g/mol. The molecule has 0 spiro atoms. The third kappa shape index (κ3) is 5.14. The summed E-state index contributed by atoms with van der Waals surface area (Å²) in [5, 5.41) is 2.94. The van der Waals surface area contributed by atoms with E-state index in [4.69, 9.17) is 4.74 Å². The molecule has 6 nitrogen and oxygen atoms in total. The fourth-order valence-electron chi connectivity index (χ4n) is 2.80. The van der Waals surface area contributed by atoms with Gasteiger partial charge < -0.3 is 15.0 Å². The van der Waals surface area contributed by atoms with Crippen molar-refractivity contribution >= 4 is 6.03 Å². The highest BCUT2D eigenvalue weighted by atomic mass is 19.1. The first-order chi connectivity index (χ1) is 12.2. The van der Waals surface area contributed by atoms with Gasteiger partial charge in [-0.2, -0.15) is 0 Å². The summed E-state index contributed by atoms with van der Waals surface area (Å²) in [5.74, 6) is -0.504. The van der Waals surface area contributed by atoms with Gasteiger partial charge in [0, 0.05) is 13.1 Å². The minimum absolute atomic E-state index is 0.0933. The molecule has 1 aromatic heterocycles. The van der Waals surface area contributed by atoms with E-state index in [1.54, 1.807) is 4.90 Å². The Morgan fingerprint density at radius 1 is 1.28 bits per heavy atom. The van der Waals surface area contributed by atoms with E-state index < -0.39 is 5.82 Å². The van der Waals surface area contributed by atoms with Gasteiger partial charge in [-0.1, -0.05) is 30.3 Å². The molecule has 3 rings (SSSR count). The summed E-state index contributed by atoms with van der Waals surface area (Å²) in [6.45, 7) is 1.76. The number of likely N-dealkylation sites (tertiary alicyclic amines) is 1. The molecule has 0 unspecified atom stereocenters. The lowest BCUT2D eigenvalue weighted by atomic mass is 10.1. The van der Waals surface area contributed by atoms with Crippen LogP contribution in [-0.2, 0) is 6.42 Å². The minimum Gasteiger partial charge on any atom is -0.458 e. The molecule has 1 saturated heterocycles. The number of benzene rings is 1. The van der Waals surface area contributed by atoms with Crippen molar-refractivity contribution in [2.75, 3.05) is 19.6 Å². The number of carbonyl (C=O) groups excluding carboxylic acids is 1. The molecule has 2 heterocycles. The Morgan fingerprint density at radius 3 is 2.80 bits per heavy atom. The summed E-state index contributed by atoms with van der Waals surface area (Å²) in [6, 6.07) is 10.1. The van der Waals surface area contributed by atoms with E-state index in [0.717, 1.165) is 31.7 Å². The van der Waals surface area contributed by atoms with E-state index in [0.29, 0.717) is 19.6 Å². The van der Waals surface area contributed by atoms with Crippen LogP contribution < -0.4 is 10.1 Å². The van der Waals surface area contributed by atoms with Crippen molar-refractivity contribution in [3.8, 4) is 6.01 Å². The highest BCUT2D eigenvalue weighted by Crippen LogP contribution is 2.15. The van der Waals surface area contributed by atoms with Crippen LogP contribution in [0.3, 0.4) is 0 Å². The number of nitrogens with one attached hydrogen (secondary N) is 1. The minimum atomic E-state index is -0.504. The molecule has 1 aromatic carbocycles. The number of urea groups is 1. The smallest absolute Gasteiger partial charge is 0.317 e. The zero-order chi connectivity index (χ0) is 17.5. The molecule has 132 valence electrons. The van der Waals surface area contributed by atoms with Crippen molar-refractivity contribution in [1.29, 1.82) is 0 Å². The number of hydrogen-bond donors (Lipinski definition) is 1. The van der Waals surface area contributed by atoms with Crippen LogP contribution in [-0.4, -0.2) is 46.6 Å². The van der Waals surface area contributed by atoms with Crippen molar-refractivity contribution < 1.29 is 13.9 Å². The second-order valence-corrected chi connectivity index (χ2v) is 5.98. The maximum absolute atomic E-state index is 12.8. The van der Waals surface area contributed by atoms with Crippen molar-refractivity contribution in [2.24, 2.45) is 0 Å². The highest BCUT2D eigenvalue weighted by Gasteiger charge is 2.25. The molecule has 2 aromatic rings. The second kappa shape index (κ2) is 8.41. The lowest BCUT2D eigenvalue weighted by Gasteiger charge is -2.32. The fourth-order valence-corrected chi connectivity index (χ4v) is 2.80. The Bertz CT molecular complexity index is 681. The number of piperidine rings is 1.